The topological polar surface area (TPSA) is 497 Å². The van der Waals surface area contributed by atoms with Gasteiger partial charge in [0.15, 0.2) is 60.7 Å². The number of likely N-dealkylation sites (N-methyl/N-ethyl adjacent to an activating group) is 2. The predicted molar refractivity (Wildman–Crippen MR) is 436 cm³/mol. The van der Waals surface area contributed by atoms with E-state index in [0.29, 0.717) is 31.4 Å². The molecule has 0 aromatic heterocycles. The lowest BCUT2D eigenvalue weighted by atomic mass is 9.97. The molecule has 8 heterocycles. The number of carbonyl (C=O) groups is 2. The van der Waals surface area contributed by atoms with E-state index < -0.39 is 205 Å². The summed E-state index contributed by atoms with van der Waals surface area (Å²) in [6, 6.07) is -2.79. The van der Waals surface area contributed by atoms with Crippen molar-refractivity contribution in [2.75, 3.05) is 95.4 Å². The number of rotatable bonds is 36. The molecular formula is C76H120I2N4O35S2. The highest BCUT2D eigenvalue weighted by Gasteiger charge is 2.53. The fourth-order valence-corrected chi connectivity index (χ4v) is 19.2. The molecule has 0 spiro atoms. The molecule has 680 valence electrons. The summed E-state index contributed by atoms with van der Waals surface area (Å²) >= 11 is 5.65. The molecule has 0 radical (unpaired) electrons. The molecule has 2 aromatic carbocycles. The average Bonchev–Trinajstić information content (AvgIpc) is 0.761. The van der Waals surface area contributed by atoms with E-state index in [-0.39, 0.29) is 123 Å². The highest BCUT2D eigenvalue weighted by molar-refractivity contribution is 14.1. The lowest BCUT2D eigenvalue weighted by molar-refractivity contribution is -0.336. The zero-order chi connectivity index (χ0) is 86.7. The van der Waals surface area contributed by atoms with Crippen molar-refractivity contribution in [3.05, 3.63) is 29.4 Å². The highest BCUT2D eigenvalue weighted by Crippen LogP contribution is 2.51. The van der Waals surface area contributed by atoms with E-state index in [2.05, 4.69) is 21.6 Å². The largest absolute Gasteiger partial charge is 0.492 e. The Balaban J connectivity index is 0.724. The Morgan fingerprint density at radius 1 is 0.420 bits per heavy atom. The molecule has 39 nitrogen and oxygen atoms in total. The first-order valence-electron chi connectivity index (χ1n) is 39.8. The summed E-state index contributed by atoms with van der Waals surface area (Å²) in [5.74, 6) is 0.322. The molecule has 8 aliphatic rings. The summed E-state index contributed by atoms with van der Waals surface area (Å²) in [6.07, 6.45) is -31.0. The number of nitrogens with one attached hydrogen (secondary N) is 4. The Kier molecular flexibility index (Phi) is 37.7. The van der Waals surface area contributed by atoms with Crippen molar-refractivity contribution in [3.8, 4) is 34.5 Å². The molecule has 119 heavy (non-hydrogen) atoms. The molecular weight excluding hydrogens is 1850 g/mol. The Labute approximate surface area is 727 Å². The van der Waals surface area contributed by atoms with Crippen LogP contribution in [0.25, 0.3) is 0 Å². The van der Waals surface area contributed by atoms with Crippen LogP contribution in [0.15, 0.2) is 0 Å². The maximum absolute atomic E-state index is 14.5. The fraction of sp³-hybridized carbons (Fsp3) is 0.816. The molecule has 2 aromatic rings. The third-order valence-electron chi connectivity index (χ3n) is 22.3. The van der Waals surface area contributed by atoms with Gasteiger partial charge in [0.25, 0.3) is 0 Å². The number of hydrogen-bond donors (Lipinski definition) is 14. The van der Waals surface area contributed by atoms with E-state index in [1.807, 2.05) is 59.0 Å². The number of hydrogen-bond acceptors (Lipinski definition) is 41. The number of carbonyl (C=O) groups excluding carboxylic acids is 2. The second-order valence-corrected chi connectivity index (χ2v) is 34.7. The minimum absolute atomic E-state index is 0.0220. The average molecular weight is 1970 g/mol. The van der Waals surface area contributed by atoms with Crippen molar-refractivity contribution in [1.82, 2.24) is 21.6 Å². The summed E-state index contributed by atoms with van der Waals surface area (Å²) in [4.78, 5) is 41.1. The van der Waals surface area contributed by atoms with Crippen molar-refractivity contribution < 1.29 is 170 Å². The van der Waals surface area contributed by atoms with Gasteiger partial charge in [-0.05, 0) is 125 Å². The molecule has 8 saturated heterocycles. The predicted octanol–water partition coefficient (Wildman–Crippen LogP) is 0.426. The van der Waals surface area contributed by atoms with Gasteiger partial charge in [-0.25, -0.2) is 0 Å². The Morgan fingerprint density at radius 3 is 1.10 bits per heavy atom. The smallest absolute Gasteiger partial charge is 0.229 e. The van der Waals surface area contributed by atoms with Crippen molar-refractivity contribution in [2.24, 2.45) is 0 Å². The number of benzene rings is 2. The van der Waals surface area contributed by atoms with Crippen LogP contribution >= 0.6 is 68.7 Å². The first-order valence-corrected chi connectivity index (χ1v) is 43.8. The van der Waals surface area contributed by atoms with Crippen LogP contribution in [0.2, 0.25) is 0 Å². The van der Waals surface area contributed by atoms with Crippen LogP contribution < -0.4 is 50.0 Å². The molecule has 34 atom stereocenters. The van der Waals surface area contributed by atoms with Gasteiger partial charge in [-0.1, -0.05) is 37.4 Å². The lowest BCUT2D eigenvalue weighted by Crippen LogP contribution is -2.64. The fourth-order valence-electron chi connectivity index (χ4n) is 15.6. The summed E-state index contributed by atoms with van der Waals surface area (Å²) in [7, 11) is 8.14. The minimum atomic E-state index is -1.43. The van der Waals surface area contributed by atoms with E-state index in [9.17, 15) is 60.7 Å². The molecule has 0 amide bonds. The van der Waals surface area contributed by atoms with Gasteiger partial charge in [0.2, 0.25) is 34.3 Å². The zero-order valence-corrected chi connectivity index (χ0v) is 75.3. The number of methoxy groups -OCH3 is 6. The van der Waals surface area contributed by atoms with E-state index in [0.717, 1.165) is 23.5 Å². The SMILES string of the molecule is CCN[C@H]1CO[C@H](O[C@H]2[C@H](OCCOCCO[C@@H]3O[C@H](C)[C@@H](NO[C@H]4C[C@H](O)[C@H](SC(=O)c5c(C)c(I)c(O[C@@H]6O[C@@H](C)[C@H](O)[C@@H](OC)[C@H]6O)c(OC)c5OC)[C@@H](C)O4)[C@H](O)[C@H]3O[C@@H]3C[C@H](O)[C@@H](NCC)CO3)O[C@H](C)[C@@H](NO[C@H]3C[C@H](O)[C@H](SC(=O)c4c(C)c(I)c(O[C@@H]5O[C@@H](C)[C@H](O)[C@@H](OC)[C@H]5O)c(OC)c4OC)[C@@H](C)O3)[C@@H]2O)C[C@@H]1O. The minimum Gasteiger partial charge on any atom is -0.492 e. The van der Waals surface area contributed by atoms with Crippen LogP contribution in [-0.4, -0.2) is 364 Å². The summed E-state index contributed by atoms with van der Waals surface area (Å²) < 4.78 is 127. The molecule has 43 heteroatoms. The second kappa shape index (κ2) is 45.5. The number of hydroxylamine groups is 2. The number of aliphatic hydroxyl groups excluding tert-OH is 10. The standard InChI is InChI=1S/C76H120I2N4O35S2/c1-17-79-37-27-104-43(23-39(37)83)112-65-55(89)51(81-116-45-25-41(85)69(35(9)106-45)118-71(93)47-29(3)49(77)61(67(99-15)59(47)95-11)114-73-57(91)63(97-13)53(87)33(7)110-73)31(5)108-75(65)102-21-19-101-20-22-103-76-66(113-44-24-40(84)38(28-105-44)80-18-2)56(90)52(32(6)109-76)82-117-46-26-42(86)70(36(10)107-46)119-72(94)48-30(4)50(78)62(68(100-16)60(48)96-12)115-74-58(92)64(98-14)54(88)34(8)111-74/h31-46,51-58,63-66,69-70,73-76,79-92H,17-28H2,1-16H3/t31-,32-,33+,34+,35-,36-,37+,38+,39+,40+,41+,42+,43-,44-,45+,46+,51-,52-,53+,54+,55+,56+,57-,58-,63-,64-,65-,66-,69-,70-,73+,74+,75-,76-/m1/s1. The molecule has 8 fully saturated rings. The summed E-state index contributed by atoms with van der Waals surface area (Å²) in [5.41, 5.74) is 6.89. The van der Waals surface area contributed by atoms with E-state index >= 15 is 0 Å². The number of ether oxygens (including phenoxy) is 21. The third-order valence-corrected chi connectivity index (χ3v) is 27.6. The summed E-state index contributed by atoms with van der Waals surface area (Å²) in [6.45, 7) is 18.2. The van der Waals surface area contributed by atoms with Crippen LogP contribution in [0.3, 0.4) is 0 Å². The molecule has 10 rings (SSSR count). The van der Waals surface area contributed by atoms with Crippen molar-refractivity contribution in [2.45, 2.75) is 302 Å². The van der Waals surface area contributed by atoms with Crippen LogP contribution in [-0.2, 0) is 80.7 Å². The van der Waals surface area contributed by atoms with Gasteiger partial charge >= 0.3 is 0 Å². The monoisotopic (exact) mass is 1970 g/mol. The van der Waals surface area contributed by atoms with Gasteiger partial charge in [-0.2, -0.15) is 11.0 Å². The van der Waals surface area contributed by atoms with E-state index in [1.165, 1.54) is 42.7 Å². The van der Waals surface area contributed by atoms with Crippen LogP contribution in [0.5, 0.6) is 34.5 Å². The maximum Gasteiger partial charge on any atom is 0.229 e. The second-order valence-electron chi connectivity index (χ2n) is 30.3. The Hall–Kier alpha value is -2.50. The Bertz CT molecular complexity index is 3320. The molecule has 0 bridgehead atoms. The van der Waals surface area contributed by atoms with Crippen molar-refractivity contribution in [1.29, 1.82) is 0 Å². The number of thioether (sulfide) groups is 2. The number of aliphatic hydroxyl groups is 10. The van der Waals surface area contributed by atoms with Crippen LogP contribution in [0.1, 0.15) is 113 Å². The maximum atomic E-state index is 14.5. The van der Waals surface area contributed by atoms with E-state index in [1.54, 1.807) is 55.4 Å². The van der Waals surface area contributed by atoms with E-state index in [4.69, 9.17) is 109 Å². The number of halogens is 2. The third kappa shape index (κ3) is 23.2. The highest BCUT2D eigenvalue weighted by atomic mass is 127. The van der Waals surface area contributed by atoms with Crippen molar-refractivity contribution in [3.63, 3.8) is 0 Å². The first-order chi connectivity index (χ1) is 56.8. The normalized spacial score (nSPS) is 39.1. The van der Waals surface area contributed by atoms with Crippen LogP contribution in [0, 0.1) is 21.0 Å². The molecule has 0 aliphatic carbocycles. The zero-order valence-electron chi connectivity index (χ0n) is 69.4. The molecule has 0 saturated carbocycles. The molecule has 8 aliphatic heterocycles. The first kappa shape index (κ1) is 98.7. The quantitative estimate of drug-likeness (QED) is 0.0250. The van der Waals surface area contributed by atoms with Gasteiger partial charge in [-0.3, -0.25) is 19.3 Å². The lowest BCUT2D eigenvalue weighted by Gasteiger charge is -2.46. The van der Waals surface area contributed by atoms with Gasteiger partial charge in [0, 0.05) is 39.9 Å². The van der Waals surface area contributed by atoms with Gasteiger partial charge in [0.1, 0.15) is 61.0 Å². The Morgan fingerprint density at radius 2 is 0.773 bits per heavy atom. The molecule has 14 N–H and O–H groups in total. The van der Waals surface area contributed by atoms with Gasteiger partial charge in [-0.15, -0.1) is 0 Å². The van der Waals surface area contributed by atoms with Gasteiger partial charge < -0.3 is 161 Å². The van der Waals surface area contributed by atoms with Gasteiger partial charge in [0.05, 0.1) is 182 Å². The van der Waals surface area contributed by atoms with Crippen LogP contribution in [0.4, 0.5) is 0 Å². The van der Waals surface area contributed by atoms with Crippen molar-refractivity contribution >= 4 is 78.9 Å². The summed E-state index contributed by atoms with van der Waals surface area (Å²) in [5, 5.41) is 117. The molecule has 0 unspecified atom stereocenters.